The van der Waals surface area contributed by atoms with Crippen LogP contribution in [0.15, 0.2) is 42.6 Å². The zero-order valence-corrected chi connectivity index (χ0v) is 15.1. The minimum atomic E-state index is 0.0835. The lowest BCUT2D eigenvalue weighted by Crippen LogP contribution is -2.49. The fourth-order valence-corrected chi connectivity index (χ4v) is 3.67. The average Bonchev–Trinajstić information content (AvgIpc) is 2.98. The normalized spacial score (nSPS) is 17.6. The van der Waals surface area contributed by atoms with Crippen LogP contribution in [0.4, 0.5) is 0 Å². The molecule has 1 aliphatic rings. The van der Waals surface area contributed by atoms with Crippen LogP contribution < -0.4 is 5.32 Å². The van der Waals surface area contributed by atoms with Gasteiger partial charge in [0.25, 0.3) is 0 Å². The van der Waals surface area contributed by atoms with Crippen molar-refractivity contribution in [1.29, 1.82) is 0 Å². The van der Waals surface area contributed by atoms with Gasteiger partial charge in [-0.15, -0.1) is 0 Å². The largest absolute Gasteiger partial charge is 0.338 e. The molecule has 134 valence electrons. The molecule has 1 N–H and O–H groups in total. The Hall–Kier alpha value is -2.73. The first-order chi connectivity index (χ1) is 12.6. The molecule has 0 radical (unpaired) electrons. The maximum absolute atomic E-state index is 12.9. The number of piperazine rings is 1. The molecule has 2 aromatic heterocycles. The molecule has 0 bridgehead atoms. The second-order valence-corrected chi connectivity index (χ2v) is 6.82. The van der Waals surface area contributed by atoms with Gasteiger partial charge in [-0.1, -0.05) is 24.3 Å². The molecule has 3 aromatic rings. The summed E-state index contributed by atoms with van der Waals surface area (Å²) in [5, 5.41) is 9.04. The molecule has 0 spiro atoms. The molecule has 4 rings (SSSR count). The van der Waals surface area contributed by atoms with E-state index in [9.17, 15) is 4.79 Å². The number of nitrogens with one attached hydrogen (secondary N) is 1. The Bertz CT molecular complexity index is 948. The highest BCUT2D eigenvalue weighted by Crippen LogP contribution is 2.21. The molecular weight excluding hydrogens is 326 g/mol. The molecule has 3 heterocycles. The van der Waals surface area contributed by atoms with Crippen LogP contribution in [0.5, 0.6) is 0 Å². The summed E-state index contributed by atoms with van der Waals surface area (Å²) in [7, 11) is 0. The molecule has 1 unspecified atom stereocenters. The molecule has 1 amide bonds. The van der Waals surface area contributed by atoms with Gasteiger partial charge < -0.3 is 10.2 Å². The Morgan fingerprint density at radius 3 is 2.92 bits per heavy atom. The summed E-state index contributed by atoms with van der Waals surface area (Å²) in [6.07, 6.45) is 1.74. The zero-order chi connectivity index (χ0) is 18.1. The second kappa shape index (κ2) is 6.88. The van der Waals surface area contributed by atoms with Crippen molar-refractivity contribution in [3.8, 4) is 0 Å². The lowest BCUT2D eigenvalue weighted by molar-refractivity contribution is -0.133. The van der Waals surface area contributed by atoms with E-state index in [0.717, 1.165) is 23.3 Å². The molecule has 6 heteroatoms. The Balaban J connectivity index is 1.52. The Morgan fingerprint density at radius 2 is 2.08 bits per heavy atom. The van der Waals surface area contributed by atoms with Crippen LogP contribution in [0, 0.1) is 13.8 Å². The van der Waals surface area contributed by atoms with Crippen LogP contribution in [0.1, 0.15) is 22.9 Å². The molecule has 0 saturated carbocycles. The summed E-state index contributed by atoms with van der Waals surface area (Å²) in [5.74, 6) is 0.0835. The number of aromatic nitrogens is 3. The topological polar surface area (TPSA) is 63.1 Å². The summed E-state index contributed by atoms with van der Waals surface area (Å²) < 4.78 is 1.72. The van der Waals surface area contributed by atoms with Crippen molar-refractivity contribution in [2.75, 3.05) is 19.6 Å². The van der Waals surface area contributed by atoms with Crippen molar-refractivity contribution in [2.45, 2.75) is 26.4 Å². The number of benzene rings is 1. The predicted molar refractivity (Wildman–Crippen MR) is 101 cm³/mol. The highest BCUT2D eigenvalue weighted by Gasteiger charge is 2.25. The van der Waals surface area contributed by atoms with Gasteiger partial charge in [0, 0.05) is 31.2 Å². The number of fused-ring (bicyclic) bond motifs is 1. The van der Waals surface area contributed by atoms with Gasteiger partial charge in [0.05, 0.1) is 11.7 Å². The standard InChI is InChI=1S/C20H23N5O/c1-14-6-3-4-7-16(14)18-12-24(11-10-21-18)19(26)13-25-20-17(15(2)23-25)8-5-9-22-20/h3-9,18,21H,10-13H2,1-2H3. The minimum absolute atomic E-state index is 0.0835. The first-order valence-corrected chi connectivity index (χ1v) is 8.98. The van der Waals surface area contributed by atoms with Gasteiger partial charge in [-0.25, -0.2) is 9.67 Å². The van der Waals surface area contributed by atoms with E-state index < -0.39 is 0 Å². The van der Waals surface area contributed by atoms with Crippen molar-refractivity contribution < 1.29 is 4.79 Å². The summed E-state index contributed by atoms with van der Waals surface area (Å²) in [5.41, 5.74) is 4.17. The maximum atomic E-state index is 12.9. The molecule has 26 heavy (non-hydrogen) atoms. The Labute approximate surface area is 152 Å². The number of carbonyl (C=O) groups excluding carboxylic acids is 1. The van der Waals surface area contributed by atoms with Gasteiger partial charge in [-0.2, -0.15) is 5.10 Å². The summed E-state index contributed by atoms with van der Waals surface area (Å²) in [4.78, 5) is 19.2. The minimum Gasteiger partial charge on any atom is -0.338 e. The molecule has 1 aromatic carbocycles. The van der Waals surface area contributed by atoms with Crippen LogP contribution in [-0.4, -0.2) is 45.2 Å². The number of rotatable bonds is 3. The van der Waals surface area contributed by atoms with Gasteiger partial charge in [0.2, 0.25) is 5.91 Å². The molecule has 1 fully saturated rings. The third kappa shape index (κ3) is 3.08. The number of pyridine rings is 1. The fraction of sp³-hybridized carbons (Fsp3) is 0.350. The van der Waals surface area contributed by atoms with E-state index in [4.69, 9.17) is 0 Å². The van der Waals surface area contributed by atoms with E-state index in [1.54, 1.807) is 10.9 Å². The summed E-state index contributed by atoms with van der Waals surface area (Å²) in [6.45, 7) is 6.47. The number of hydrogen-bond donors (Lipinski definition) is 1. The third-order valence-electron chi connectivity index (χ3n) is 5.07. The lowest BCUT2D eigenvalue weighted by Gasteiger charge is -2.34. The van der Waals surface area contributed by atoms with Crippen molar-refractivity contribution in [1.82, 2.24) is 25.0 Å². The van der Waals surface area contributed by atoms with Crippen LogP contribution in [-0.2, 0) is 11.3 Å². The fourth-order valence-electron chi connectivity index (χ4n) is 3.67. The molecule has 1 saturated heterocycles. The second-order valence-electron chi connectivity index (χ2n) is 6.82. The number of nitrogens with zero attached hydrogens (tertiary/aromatic N) is 4. The van der Waals surface area contributed by atoms with E-state index in [-0.39, 0.29) is 18.5 Å². The first-order valence-electron chi connectivity index (χ1n) is 8.98. The number of hydrogen-bond acceptors (Lipinski definition) is 4. The van der Waals surface area contributed by atoms with Crippen LogP contribution >= 0.6 is 0 Å². The molecule has 0 aliphatic carbocycles. The smallest absolute Gasteiger partial charge is 0.244 e. The number of aryl methyl sites for hydroxylation is 2. The van der Waals surface area contributed by atoms with E-state index in [0.29, 0.717) is 13.1 Å². The Kier molecular flexibility index (Phi) is 4.42. The van der Waals surface area contributed by atoms with E-state index in [1.807, 2.05) is 30.0 Å². The van der Waals surface area contributed by atoms with E-state index >= 15 is 0 Å². The maximum Gasteiger partial charge on any atom is 0.244 e. The zero-order valence-electron chi connectivity index (χ0n) is 15.1. The lowest BCUT2D eigenvalue weighted by atomic mass is 9.99. The monoisotopic (exact) mass is 349 g/mol. The van der Waals surface area contributed by atoms with Crippen LogP contribution in [0.3, 0.4) is 0 Å². The summed E-state index contributed by atoms with van der Waals surface area (Å²) >= 11 is 0. The molecular formula is C20H23N5O. The van der Waals surface area contributed by atoms with Crippen molar-refractivity contribution in [3.05, 3.63) is 59.4 Å². The quantitative estimate of drug-likeness (QED) is 0.788. The number of carbonyl (C=O) groups is 1. The van der Waals surface area contributed by atoms with Crippen LogP contribution in [0.25, 0.3) is 11.0 Å². The first kappa shape index (κ1) is 16.7. The van der Waals surface area contributed by atoms with Crippen LogP contribution in [0.2, 0.25) is 0 Å². The van der Waals surface area contributed by atoms with Gasteiger partial charge >= 0.3 is 0 Å². The summed E-state index contributed by atoms with van der Waals surface area (Å²) in [6, 6.07) is 12.4. The van der Waals surface area contributed by atoms with E-state index in [1.165, 1.54) is 11.1 Å². The SMILES string of the molecule is Cc1ccccc1C1CN(C(=O)Cn2nc(C)c3cccnc32)CCN1. The average molecular weight is 349 g/mol. The van der Waals surface area contributed by atoms with Gasteiger partial charge in [0.15, 0.2) is 5.65 Å². The van der Waals surface area contributed by atoms with E-state index in [2.05, 4.69) is 40.5 Å². The highest BCUT2D eigenvalue weighted by atomic mass is 16.2. The highest BCUT2D eigenvalue weighted by molar-refractivity contribution is 5.81. The van der Waals surface area contributed by atoms with Crippen molar-refractivity contribution in [3.63, 3.8) is 0 Å². The third-order valence-corrected chi connectivity index (χ3v) is 5.07. The van der Waals surface area contributed by atoms with Gasteiger partial charge in [-0.3, -0.25) is 4.79 Å². The molecule has 6 nitrogen and oxygen atoms in total. The Morgan fingerprint density at radius 1 is 1.23 bits per heavy atom. The predicted octanol–water partition coefficient (Wildman–Crippen LogP) is 2.22. The van der Waals surface area contributed by atoms with Gasteiger partial charge in [0.1, 0.15) is 6.54 Å². The van der Waals surface area contributed by atoms with Crippen molar-refractivity contribution in [2.24, 2.45) is 0 Å². The number of amides is 1. The molecule has 1 atom stereocenters. The molecule has 1 aliphatic heterocycles. The van der Waals surface area contributed by atoms with Gasteiger partial charge in [-0.05, 0) is 37.1 Å². The van der Waals surface area contributed by atoms with Crippen molar-refractivity contribution >= 4 is 16.9 Å².